The molecule has 0 atom stereocenters. The third kappa shape index (κ3) is 5.06. The zero-order valence-corrected chi connectivity index (χ0v) is 11.7. The van der Waals surface area contributed by atoms with Crippen LogP contribution in [-0.2, 0) is 14.3 Å². The van der Waals surface area contributed by atoms with Crippen molar-refractivity contribution in [2.24, 2.45) is 5.92 Å². The van der Waals surface area contributed by atoms with Crippen LogP contribution in [0.1, 0.15) is 26.2 Å². The molecule has 7 heteroatoms. The lowest BCUT2D eigenvalue weighted by atomic mass is 9.97. The third-order valence-electron chi connectivity index (χ3n) is 2.97. The van der Waals surface area contributed by atoms with Gasteiger partial charge < -0.3 is 9.64 Å². The van der Waals surface area contributed by atoms with Gasteiger partial charge in [-0.25, -0.2) is 4.79 Å². The largest absolute Gasteiger partial charge is 0.466 e. The first-order valence-corrected chi connectivity index (χ1v) is 6.93. The van der Waals surface area contributed by atoms with Crippen LogP contribution in [0.2, 0.25) is 0 Å². The monoisotopic (exact) mass is 290 g/mol. The van der Waals surface area contributed by atoms with Crippen molar-refractivity contribution in [2.75, 3.05) is 25.6 Å². The summed E-state index contributed by atoms with van der Waals surface area (Å²) in [4.78, 5) is 36.0. The fraction of sp³-hybridized carbons (Fsp3) is 0.750. The number of hydrogen-bond acceptors (Lipinski definition) is 4. The number of hydrogen-bond donors (Lipinski definition) is 1. The summed E-state index contributed by atoms with van der Waals surface area (Å²) in [5.41, 5.74) is 0. The number of carbonyl (C=O) groups is 3. The van der Waals surface area contributed by atoms with E-state index in [4.69, 9.17) is 16.3 Å². The van der Waals surface area contributed by atoms with Crippen LogP contribution in [-0.4, -0.2) is 48.4 Å². The van der Waals surface area contributed by atoms with Crippen molar-refractivity contribution < 1.29 is 19.1 Å². The summed E-state index contributed by atoms with van der Waals surface area (Å²) in [6.07, 6.45) is 1.25. The molecule has 108 valence electrons. The second-order valence-electron chi connectivity index (χ2n) is 4.31. The highest BCUT2D eigenvalue weighted by molar-refractivity contribution is 6.19. The molecule has 1 fully saturated rings. The van der Waals surface area contributed by atoms with Crippen molar-refractivity contribution in [1.82, 2.24) is 10.2 Å². The van der Waals surface area contributed by atoms with Crippen molar-refractivity contribution in [3.63, 3.8) is 0 Å². The molecule has 0 unspecified atom stereocenters. The lowest BCUT2D eigenvalue weighted by molar-refractivity contribution is -0.149. The average molecular weight is 291 g/mol. The van der Waals surface area contributed by atoms with Crippen molar-refractivity contribution in [2.45, 2.75) is 26.2 Å². The van der Waals surface area contributed by atoms with E-state index in [2.05, 4.69) is 5.32 Å². The van der Waals surface area contributed by atoms with Gasteiger partial charge in [-0.15, -0.1) is 11.6 Å². The molecule has 1 aliphatic rings. The number of urea groups is 1. The molecule has 0 saturated carbocycles. The second kappa shape index (κ2) is 7.99. The van der Waals surface area contributed by atoms with Crippen molar-refractivity contribution in [1.29, 1.82) is 0 Å². The molecule has 1 rings (SSSR count). The van der Waals surface area contributed by atoms with E-state index in [0.717, 1.165) is 0 Å². The quantitative estimate of drug-likeness (QED) is 0.622. The predicted molar refractivity (Wildman–Crippen MR) is 69.8 cm³/mol. The maximum Gasteiger partial charge on any atom is 0.324 e. The Balaban J connectivity index is 2.35. The van der Waals surface area contributed by atoms with E-state index >= 15 is 0 Å². The van der Waals surface area contributed by atoms with E-state index in [-0.39, 0.29) is 30.1 Å². The predicted octanol–water partition coefficient (Wildman–Crippen LogP) is 1.13. The van der Waals surface area contributed by atoms with Gasteiger partial charge in [-0.3, -0.25) is 14.9 Å². The van der Waals surface area contributed by atoms with Gasteiger partial charge in [0.15, 0.2) is 0 Å². The van der Waals surface area contributed by atoms with E-state index in [0.29, 0.717) is 32.5 Å². The summed E-state index contributed by atoms with van der Waals surface area (Å²) in [7, 11) is 0. The number of piperidine rings is 1. The third-order valence-corrected chi connectivity index (χ3v) is 3.16. The zero-order valence-electron chi connectivity index (χ0n) is 11.0. The smallest absolute Gasteiger partial charge is 0.324 e. The van der Waals surface area contributed by atoms with Crippen LogP contribution in [0, 0.1) is 5.92 Å². The molecule has 0 spiro atoms. The van der Waals surface area contributed by atoms with Gasteiger partial charge in [0.05, 0.1) is 12.5 Å². The number of likely N-dealkylation sites (tertiary alicyclic amines) is 1. The molecule has 0 aromatic heterocycles. The molecule has 6 nitrogen and oxygen atoms in total. The van der Waals surface area contributed by atoms with Gasteiger partial charge in [-0.2, -0.15) is 0 Å². The lowest BCUT2D eigenvalue weighted by Gasteiger charge is -2.30. The van der Waals surface area contributed by atoms with Crippen LogP contribution in [0.4, 0.5) is 4.79 Å². The second-order valence-corrected chi connectivity index (χ2v) is 4.68. The minimum Gasteiger partial charge on any atom is -0.466 e. The Morgan fingerprint density at radius 1 is 1.32 bits per heavy atom. The van der Waals surface area contributed by atoms with Crippen LogP contribution in [0.25, 0.3) is 0 Å². The van der Waals surface area contributed by atoms with Crippen molar-refractivity contribution in [3.05, 3.63) is 0 Å². The fourth-order valence-corrected chi connectivity index (χ4v) is 2.10. The summed E-state index contributed by atoms with van der Waals surface area (Å²) in [6, 6.07) is -0.419. The highest BCUT2D eigenvalue weighted by Crippen LogP contribution is 2.18. The standard InChI is InChI=1S/C12H19ClN2O4/c1-2-19-11(17)9-4-7-15(8-5-9)12(18)14-10(16)3-6-13/h9H,2-8H2,1H3,(H,14,16,18). The Labute approximate surface area is 117 Å². The van der Waals surface area contributed by atoms with E-state index in [9.17, 15) is 14.4 Å². The average Bonchev–Trinajstić information content (AvgIpc) is 2.39. The Kier molecular flexibility index (Phi) is 6.62. The molecule has 0 bridgehead atoms. The summed E-state index contributed by atoms with van der Waals surface area (Å²) in [5.74, 6) is -0.555. The highest BCUT2D eigenvalue weighted by Gasteiger charge is 2.28. The molecule has 19 heavy (non-hydrogen) atoms. The van der Waals surface area contributed by atoms with Gasteiger partial charge in [0.25, 0.3) is 0 Å². The summed E-state index contributed by atoms with van der Waals surface area (Å²) >= 11 is 5.41. The SMILES string of the molecule is CCOC(=O)C1CCN(C(=O)NC(=O)CCCl)CC1. The van der Waals surface area contributed by atoms with Crippen LogP contribution >= 0.6 is 11.6 Å². The van der Waals surface area contributed by atoms with Gasteiger partial charge in [0.2, 0.25) is 5.91 Å². The summed E-state index contributed by atoms with van der Waals surface area (Å²) in [5, 5.41) is 2.27. The molecule has 1 heterocycles. The fourth-order valence-electron chi connectivity index (χ4n) is 1.93. The van der Waals surface area contributed by atoms with Crippen LogP contribution in [0.3, 0.4) is 0 Å². The Hall–Kier alpha value is -1.30. The summed E-state index contributed by atoms with van der Waals surface area (Å²) < 4.78 is 4.95. The number of esters is 1. The first kappa shape index (κ1) is 15.8. The lowest BCUT2D eigenvalue weighted by Crippen LogP contribution is -2.47. The highest BCUT2D eigenvalue weighted by atomic mass is 35.5. The molecule has 1 N–H and O–H groups in total. The summed E-state index contributed by atoms with van der Waals surface area (Å²) in [6.45, 7) is 3.03. The van der Waals surface area contributed by atoms with Gasteiger partial charge in [0.1, 0.15) is 0 Å². The number of amides is 3. The minimum absolute atomic E-state index is 0.118. The number of rotatable bonds is 4. The first-order valence-electron chi connectivity index (χ1n) is 6.39. The normalized spacial score (nSPS) is 16.0. The zero-order chi connectivity index (χ0) is 14.3. The number of imide groups is 1. The number of halogens is 1. The van der Waals surface area contributed by atoms with E-state index in [1.165, 1.54) is 4.90 Å². The molecular weight excluding hydrogens is 272 g/mol. The molecule has 0 aromatic rings. The number of alkyl halides is 1. The Morgan fingerprint density at radius 2 is 1.95 bits per heavy atom. The molecule has 0 aliphatic carbocycles. The number of nitrogens with zero attached hydrogens (tertiary/aromatic N) is 1. The van der Waals surface area contributed by atoms with Gasteiger partial charge in [0, 0.05) is 25.4 Å². The molecular formula is C12H19ClN2O4. The molecule has 1 aliphatic heterocycles. The molecule has 0 aromatic carbocycles. The maximum absolute atomic E-state index is 11.7. The van der Waals surface area contributed by atoms with Crippen molar-refractivity contribution in [3.8, 4) is 0 Å². The van der Waals surface area contributed by atoms with Crippen LogP contribution < -0.4 is 5.32 Å². The van der Waals surface area contributed by atoms with Crippen LogP contribution in [0.5, 0.6) is 0 Å². The Bertz CT molecular complexity index is 341. The van der Waals surface area contributed by atoms with Gasteiger partial charge >= 0.3 is 12.0 Å². The van der Waals surface area contributed by atoms with Crippen LogP contribution in [0.15, 0.2) is 0 Å². The minimum atomic E-state index is -0.419. The van der Waals surface area contributed by atoms with Crippen molar-refractivity contribution >= 4 is 29.5 Å². The number of ether oxygens (including phenoxy) is 1. The molecule has 1 saturated heterocycles. The van der Waals surface area contributed by atoms with E-state index in [1.54, 1.807) is 6.92 Å². The Morgan fingerprint density at radius 3 is 2.47 bits per heavy atom. The topological polar surface area (TPSA) is 75.7 Å². The maximum atomic E-state index is 11.7. The molecule has 0 radical (unpaired) electrons. The molecule has 3 amide bonds. The van der Waals surface area contributed by atoms with Gasteiger partial charge in [-0.05, 0) is 19.8 Å². The van der Waals surface area contributed by atoms with E-state index < -0.39 is 6.03 Å². The first-order chi connectivity index (χ1) is 9.08. The number of carbonyl (C=O) groups excluding carboxylic acids is 3. The van der Waals surface area contributed by atoms with E-state index in [1.807, 2.05) is 0 Å². The van der Waals surface area contributed by atoms with Gasteiger partial charge in [-0.1, -0.05) is 0 Å². The number of nitrogens with one attached hydrogen (secondary N) is 1.